The second-order valence-electron chi connectivity index (χ2n) is 5.50. The third-order valence-electron chi connectivity index (χ3n) is 3.51. The molecule has 1 heterocycles. The van der Waals surface area contributed by atoms with Gasteiger partial charge in [-0.3, -0.25) is 14.6 Å². The van der Waals surface area contributed by atoms with Crippen LogP contribution in [0.5, 0.6) is 0 Å². The van der Waals surface area contributed by atoms with Gasteiger partial charge < -0.3 is 10.6 Å². The number of pyridine rings is 1. The zero-order valence-electron chi connectivity index (χ0n) is 13.8. The molecule has 0 spiro atoms. The van der Waals surface area contributed by atoms with Crippen molar-refractivity contribution in [3.8, 4) is 0 Å². The lowest BCUT2D eigenvalue weighted by molar-refractivity contribution is 0.0952. The molecule has 0 radical (unpaired) electrons. The topological polar surface area (TPSA) is 71.1 Å². The Kier molecular flexibility index (Phi) is 7.22. The maximum atomic E-state index is 12.4. The molecule has 1 aromatic heterocycles. The molecule has 0 saturated heterocycles. The van der Waals surface area contributed by atoms with E-state index in [0.29, 0.717) is 27.8 Å². The number of hydrogen-bond acceptors (Lipinski definition) is 3. The Bertz CT molecular complexity index is 766. The summed E-state index contributed by atoms with van der Waals surface area (Å²) in [5, 5.41) is 6.31. The lowest BCUT2D eigenvalue weighted by Crippen LogP contribution is -2.25. The monoisotopic (exact) mass is 379 g/mol. The lowest BCUT2D eigenvalue weighted by Gasteiger charge is -2.09. The van der Waals surface area contributed by atoms with E-state index in [1.807, 2.05) is 0 Å². The first kappa shape index (κ1) is 19.2. The van der Waals surface area contributed by atoms with Crippen LogP contribution < -0.4 is 10.6 Å². The van der Waals surface area contributed by atoms with Crippen LogP contribution in [-0.2, 0) is 0 Å². The fourth-order valence-corrected chi connectivity index (χ4v) is 2.49. The van der Waals surface area contributed by atoms with Crippen LogP contribution in [0.4, 0.5) is 5.69 Å². The highest BCUT2D eigenvalue weighted by molar-refractivity contribution is 6.35. The van der Waals surface area contributed by atoms with Crippen molar-refractivity contribution in [1.29, 1.82) is 0 Å². The number of nitrogens with zero attached hydrogens (tertiary/aromatic N) is 1. The summed E-state index contributed by atoms with van der Waals surface area (Å²) in [6.07, 6.45) is 5.88. The minimum absolute atomic E-state index is 0.251. The Morgan fingerprint density at radius 2 is 1.76 bits per heavy atom. The molecule has 0 aliphatic heterocycles. The van der Waals surface area contributed by atoms with E-state index in [2.05, 4.69) is 22.5 Å². The minimum Gasteiger partial charge on any atom is -0.352 e. The molecule has 0 saturated carbocycles. The van der Waals surface area contributed by atoms with Gasteiger partial charge in [0.2, 0.25) is 0 Å². The third-order valence-corrected chi connectivity index (χ3v) is 4.07. The molecule has 1 aromatic carbocycles. The van der Waals surface area contributed by atoms with Crippen molar-refractivity contribution < 1.29 is 9.59 Å². The van der Waals surface area contributed by atoms with Gasteiger partial charge in [-0.05, 0) is 30.7 Å². The molecule has 0 fully saturated rings. The van der Waals surface area contributed by atoms with Gasteiger partial charge in [-0.1, -0.05) is 43.0 Å². The van der Waals surface area contributed by atoms with Gasteiger partial charge in [-0.25, -0.2) is 0 Å². The molecule has 2 aromatic rings. The molecule has 25 heavy (non-hydrogen) atoms. The molecular formula is C18H19Cl2N3O2. The summed E-state index contributed by atoms with van der Waals surface area (Å²) in [5.74, 6) is -0.670. The number of halogens is 2. The number of benzene rings is 1. The zero-order chi connectivity index (χ0) is 18.2. The van der Waals surface area contributed by atoms with Crippen molar-refractivity contribution in [3.05, 3.63) is 57.8 Å². The summed E-state index contributed by atoms with van der Waals surface area (Å²) in [6, 6.07) is 6.28. The van der Waals surface area contributed by atoms with E-state index >= 15 is 0 Å². The van der Waals surface area contributed by atoms with Gasteiger partial charge in [0.15, 0.2) is 0 Å². The van der Waals surface area contributed by atoms with Gasteiger partial charge in [0.1, 0.15) is 0 Å². The van der Waals surface area contributed by atoms with E-state index in [4.69, 9.17) is 23.2 Å². The average Bonchev–Trinajstić information content (AvgIpc) is 2.61. The predicted molar refractivity (Wildman–Crippen MR) is 101 cm³/mol. The largest absolute Gasteiger partial charge is 0.352 e. The first-order chi connectivity index (χ1) is 12.0. The number of rotatable bonds is 7. The van der Waals surface area contributed by atoms with Crippen LogP contribution in [-0.4, -0.2) is 23.3 Å². The zero-order valence-corrected chi connectivity index (χ0v) is 15.3. The Morgan fingerprint density at radius 1 is 1.04 bits per heavy atom. The second-order valence-corrected chi connectivity index (χ2v) is 6.35. The molecule has 132 valence electrons. The van der Waals surface area contributed by atoms with Gasteiger partial charge in [0.05, 0.1) is 21.8 Å². The number of aromatic nitrogens is 1. The minimum atomic E-state index is -0.419. The molecule has 0 aliphatic rings. The highest BCUT2D eigenvalue weighted by Gasteiger charge is 2.13. The molecular weight excluding hydrogens is 361 g/mol. The Balaban J connectivity index is 2.05. The summed E-state index contributed by atoms with van der Waals surface area (Å²) in [4.78, 5) is 28.5. The van der Waals surface area contributed by atoms with Crippen molar-refractivity contribution in [2.45, 2.75) is 26.2 Å². The smallest absolute Gasteiger partial charge is 0.257 e. The summed E-state index contributed by atoms with van der Waals surface area (Å²) < 4.78 is 0. The maximum Gasteiger partial charge on any atom is 0.257 e. The van der Waals surface area contributed by atoms with Gasteiger partial charge >= 0.3 is 0 Å². The van der Waals surface area contributed by atoms with Gasteiger partial charge in [-0.2, -0.15) is 0 Å². The number of anilines is 1. The quantitative estimate of drug-likeness (QED) is 0.692. The number of nitrogens with one attached hydrogen (secondary N) is 2. The molecule has 0 aliphatic carbocycles. The standard InChI is InChI=1S/C18H19Cl2N3O2/c1-2-3-4-7-22-17(24)12-8-13(11-21-10-12)18(25)23-16-9-14(19)5-6-15(16)20/h5-6,8-11H,2-4,7H2,1H3,(H,22,24)(H,23,25). The molecule has 7 heteroatoms. The molecule has 0 unspecified atom stereocenters. The summed E-state index contributed by atoms with van der Waals surface area (Å²) in [6.45, 7) is 2.70. The van der Waals surface area contributed by atoms with Crippen LogP contribution in [0.1, 0.15) is 46.9 Å². The molecule has 2 N–H and O–H groups in total. The predicted octanol–water partition coefficient (Wildman–Crippen LogP) is 4.56. The van der Waals surface area contributed by atoms with Gasteiger partial charge in [0.25, 0.3) is 11.8 Å². The van der Waals surface area contributed by atoms with Gasteiger partial charge in [-0.15, -0.1) is 0 Å². The van der Waals surface area contributed by atoms with Crippen LogP contribution in [0.3, 0.4) is 0 Å². The second kappa shape index (κ2) is 9.39. The first-order valence-corrected chi connectivity index (χ1v) is 8.76. The van der Waals surface area contributed by atoms with E-state index in [1.54, 1.807) is 18.2 Å². The Hall–Kier alpha value is -2.11. The number of carbonyl (C=O) groups excluding carboxylic acids is 2. The van der Waals surface area contributed by atoms with Crippen molar-refractivity contribution in [3.63, 3.8) is 0 Å². The average molecular weight is 380 g/mol. The molecule has 0 atom stereocenters. The number of hydrogen-bond donors (Lipinski definition) is 2. The Labute approximate surface area is 156 Å². The van der Waals surface area contributed by atoms with Crippen LogP contribution in [0.15, 0.2) is 36.7 Å². The van der Waals surface area contributed by atoms with Crippen LogP contribution in [0, 0.1) is 0 Å². The van der Waals surface area contributed by atoms with Crippen molar-refractivity contribution >= 4 is 40.7 Å². The summed E-state index contributed by atoms with van der Waals surface area (Å²) in [7, 11) is 0. The van der Waals surface area contributed by atoms with E-state index in [0.717, 1.165) is 19.3 Å². The van der Waals surface area contributed by atoms with Crippen LogP contribution in [0.2, 0.25) is 10.0 Å². The number of carbonyl (C=O) groups is 2. The molecule has 0 bridgehead atoms. The highest BCUT2D eigenvalue weighted by Crippen LogP contribution is 2.25. The SMILES string of the molecule is CCCCCNC(=O)c1cncc(C(=O)Nc2cc(Cl)ccc2Cl)c1. The highest BCUT2D eigenvalue weighted by atomic mass is 35.5. The molecule has 5 nitrogen and oxygen atoms in total. The van der Waals surface area contributed by atoms with Crippen molar-refractivity contribution in [2.24, 2.45) is 0 Å². The van der Waals surface area contributed by atoms with E-state index in [-0.39, 0.29) is 11.5 Å². The maximum absolute atomic E-state index is 12.4. The first-order valence-electron chi connectivity index (χ1n) is 8.01. The molecule has 2 rings (SSSR count). The number of unbranched alkanes of at least 4 members (excludes halogenated alkanes) is 2. The van der Waals surface area contributed by atoms with E-state index in [1.165, 1.54) is 18.5 Å². The van der Waals surface area contributed by atoms with Crippen LogP contribution >= 0.6 is 23.2 Å². The van der Waals surface area contributed by atoms with E-state index < -0.39 is 5.91 Å². The third kappa shape index (κ3) is 5.73. The lowest BCUT2D eigenvalue weighted by atomic mass is 10.1. The summed E-state index contributed by atoms with van der Waals surface area (Å²) >= 11 is 11.9. The van der Waals surface area contributed by atoms with Crippen molar-refractivity contribution in [2.75, 3.05) is 11.9 Å². The van der Waals surface area contributed by atoms with Gasteiger partial charge in [0, 0.05) is 24.0 Å². The normalized spacial score (nSPS) is 10.4. The van der Waals surface area contributed by atoms with Crippen molar-refractivity contribution in [1.82, 2.24) is 10.3 Å². The molecule has 2 amide bonds. The Morgan fingerprint density at radius 3 is 2.48 bits per heavy atom. The van der Waals surface area contributed by atoms with E-state index in [9.17, 15) is 9.59 Å². The summed E-state index contributed by atoms with van der Waals surface area (Å²) in [5.41, 5.74) is 0.993. The van der Waals surface area contributed by atoms with Crippen LogP contribution in [0.25, 0.3) is 0 Å². The fourth-order valence-electron chi connectivity index (χ4n) is 2.16. The fraction of sp³-hybridized carbons (Fsp3) is 0.278. The number of amides is 2.